The average molecular weight is 177 g/mol. The first-order valence-corrected chi connectivity index (χ1v) is 3.58. The quantitative estimate of drug-likeness (QED) is 0.669. The van der Waals surface area contributed by atoms with Crippen LogP contribution in [0.15, 0.2) is 18.2 Å². The van der Waals surface area contributed by atoms with Crippen LogP contribution in [0.2, 0.25) is 0 Å². The predicted molar refractivity (Wildman–Crippen MR) is 47.9 cm³/mol. The first-order chi connectivity index (χ1) is 6.02. The maximum Gasteiger partial charge on any atom is 0.249 e. The Morgan fingerprint density at radius 2 is 1.77 bits per heavy atom. The number of benzene rings is 1. The normalized spacial score (nSPS) is 9.62. The highest BCUT2D eigenvalue weighted by Gasteiger charge is 2.08. The molecule has 0 aliphatic carbocycles. The van der Waals surface area contributed by atoms with Gasteiger partial charge in [-0.05, 0) is 24.6 Å². The fourth-order valence-corrected chi connectivity index (χ4v) is 0.959. The summed E-state index contributed by atoms with van der Waals surface area (Å²) >= 11 is 0. The molecule has 0 saturated carbocycles. The first-order valence-electron chi connectivity index (χ1n) is 3.58. The number of nitrogens with two attached hydrogens (primary N) is 2. The van der Waals surface area contributed by atoms with Crippen LogP contribution < -0.4 is 11.5 Å². The zero-order chi connectivity index (χ0) is 10.0. The lowest BCUT2D eigenvalue weighted by Gasteiger charge is -2.02. The van der Waals surface area contributed by atoms with E-state index in [4.69, 9.17) is 11.5 Å². The van der Waals surface area contributed by atoms with Gasteiger partial charge in [0.05, 0.1) is 0 Å². The number of rotatable bonds is 2. The van der Waals surface area contributed by atoms with E-state index in [0.29, 0.717) is 5.56 Å². The third-order valence-corrected chi connectivity index (χ3v) is 1.66. The summed E-state index contributed by atoms with van der Waals surface area (Å²) in [5.41, 5.74) is 11.0. The number of carbonyl (C=O) groups excluding carboxylic acids is 2. The second-order valence-electron chi connectivity index (χ2n) is 2.60. The monoisotopic (exact) mass is 177 g/mol. The van der Waals surface area contributed by atoms with Crippen LogP contribution in [0.1, 0.15) is 26.3 Å². The van der Waals surface area contributed by atoms with E-state index in [1.54, 1.807) is 0 Å². The van der Waals surface area contributed by atoms with Crippen molar-refractivity contribution < 1.29 is 9.59 Å². The van der Waals surface area contributed by atoms with Gasteiger partial charge in [0.25, 0.3) is 0 Å². The van der Waals surface area contributed by atoms with Crippen LogP contribution in [0.3, 0.4) is 0 Å². The molecule has 1 aromatic rings. The zero-order valence-corrected chi connectivity index (χ0v) is 6.91. The standard InChI is InChI=1S/C9H9N2O2/c1-5-2-3-6(8(10)12)4-7(5)9(11)13/h2-4H,1H2,(H2,10,12)(H2,11,13). The fourth-order valence-electron chi connectivity index (χ4n) is 0.959. The Hall–Kier alpha value is -1.84. The summed E-state index contributed by atoms with van der Waals surface area (Å²) in [6.45, 7) is 3.59. The van der Waals surface area contributed by atoms with Gasteiger partial charge >= 0.3 is 0 Å². The molecule has 2 amide bonds. The lowest BCUT2D eigenvalue weighted by Crippen LogP contribution is -2.16. The Kier molecular flexibility index (Phi) is 2.32. The van der Waals surface area contributed by atoms with Crippen molar-refractivity contribution in [3.8, 4) is 0 Å². The van der Waals surface area contributed by atoms with Crippen molar-refractivity contribution >= 4 is 11.8 Å². The Balaban J connectivity index is 3.27. The molecule has 4 N–H and O–H groups in total. The number of amides is 2. The van der Waals surface area contributed by atoms with Gasteiger partial charge in [0.15, 0.2) is 0 Å². The Bertz CT molecular complexity index is 372. The summed E-state index contributed by atoms with van der Waals surface area (Å²) in [6.07, 6.45) is 0. The minimum atomic E-state index is -0.617. The van der Waals surface area contributed by atoms with Crippen molar-refractivity contribution in [1.29, 1.82) is 0 Å². The van der Waals surface area contributed by atoms with Gasteiger partial charge in [-0.15, -0.1) is 0 Å². The van der Waals surface area contributed by atoms with E-state index in [2.05, 4.69) is 6.92 Å². The summed E-state index contributed by atoms with van der Waals surface area (Å²) in [5, 5.41) is 0. The molecular formula is C9H9N2O2. The predicted octanol–water partition coefficient (Wildman–Crippen LogP) is 0.0666. The van der Waals surface area contributed by atoms with Crippen molar-refractivity contribution in [2.24, 2.45) is 11.5 Å². The summed E-state index contributed by atoms with van der Waals surface area (Å²) in [5.74, 6) is -1.21. The summed E-state index contributed by atoms with van der Waals surface area (Å²) in [6, 6.07) is 4.37. The largest absolute Gasteiger partial charge is 0.366 e. The molecule has 4 heteroatoms. The Labute approximate surface area is 75.5 Å². The van der Waals surface area contributed by atoms with Crippen LogP contribution in [-0.4, -0.2) is 11.8 Å². The van der Waals surface area contributed by atoms with E-state index in [-0.39, 0.29) is 11.1 Å². The molecule has 0 atom stereocenters. The van der Waals surface area contributed by atoms with Crippen LogP contribution in [0, 0.1) is 6.92 Å². The zero-order valence-electron chi connectivity index (χ0n) is 6.91. The summed E-state index contributed by atoms with van der Waals surface area (Å²) in [4.78, 5) is 21.6. The van der Waals surface area contributed by atoms with Gasteiger partial charge in [0.2, 0.25) is 11.8 Å². The average Bonchev–Trinajstić information content (AvgIpc) is 2.04. The van der Waals surface area contributed by atoms with E-state index in [1.165, 1.54) is 18.2 Å². The van der Waals surface area contributed by atoms with Crippen molar-refractivity contribution in [3.63, 3.8) is 0 Å². The minimum absolute atomic E-state index is 0.219. The molecule has 67 valence electrons. The maximum absolute atomic E-state index is 10.8. The molecule has 0 bridgehead atoms. The van der Waals surface area contributed by atoms with Crippen LogP contribution >= 0.6 is 0 Å². The highest BCUT2D eigenvalue weighted by molar-refractivity contribution is 5.99. The van der Waals surface area contributed by atoms with Gasteiger partial charge in [-0.25, -0.2) is 0 Å². The highest BCUT2D eigenvalue weighted by Crippen LogP contribution is 2.09. The van der Waals surface area contributed by atoms with Gasteiger partial charge in [0.1, 0.15) is 0 Å². The van der Waals surface area contributed by atoms with Gasteiger partial charge < -0.3 is 11.5 Å². The van der Waals surface area contributed by atoms with Crippen molar-refractivity contribution in [1.82, 2.24) is 0 Å². The molecule has 0 fully saturated rings. The van der Waals surface area contributed by atoms with E-state index in [9.17, 15) is 9.59 Å². The molecule has 0 aliphatic heterocycles. The molecule has 0 unspecified atom stereocenters. The van der Waals surface area contributed by atoms with E-state index in [1.807, 2.05) is 0 Å². The summed E-state index contributed by atoms with van der Waals surface area (Å²) < 4.78 is 0. The van der Waals surface area contributed by atoms with E-state index in [0.717, 1.165) is 0 Å². The van der Waals surface area contributed by atoms with E-state index < -0.39 is 11.8 Å². The molecule has 0 saturated heterocycles. The fraction of sp³-hybridized carbons (Fsp3) is 0. The molecule has 0 aromatic heterocycles. The SMILES string of the molecule is [CH2]c1ccc(C(N)=O)cc1C(N)=O. The van der Waals surface area contributed by atoms with Crippen molar-refractivity contribution in [2.45, 2.75) is 0 Å². The van der Waals surface area contributed by atoms with Gasteiger partial charge in [0, 0.05) is 11.1 Å². The molecule has 4 nitrogen and oxygen atoms in total. The highest BCUT2D eigenvalue weighted by atomic mass is 16.1. The lowest BCUT2D eigenvalue weighted by atomic mass is 10.0. The second-order valence-corrected chi connectivity index (χ2v) is 2.60. The van der Waals surface area contributed by atoms with Crippen LogP contribution in [0.25, 0.3) is 0 Å². The molecule has 13 heavy (non-hydrogen) atoms. The minimum Gasteiger partial charge on any atom is -0.366 e. The summed E-state index contributed by atoms with van der Waals surface area (Å²) in [7, 11) is 0. The van der Waals surface area contributed by atoms with Gasteiger partial charge in [-0.1, -0.05) is 6.07 Å². The van der Waals surface area contributed by atoms with E-state index >= 15 is 0 Å². The van der Waals surface area contributed by atoms with Crippen LogP contribution in [0.4, 0.5) is 0 Å². The Morgan fingerprint density at radius 3 is 2.23 bits per heavy atom. The third-order valence-electron chi connectivity index (χ3n) is 1.66. The van der Waals surface area contributed by atoms with Crippen molar-refractivity contribution in [3.05, 3.63) is 41.8 Å². The molecule has 0 aliphatic rings. The Morgan fingerprint density at radius 1 is 1.15 bits per heavy atom. The van der Waals surface area contributed by atoms with Crippen LogP contribution in [-0.2, 0) is 0 Å². The number of hydrogen-bond donors (Lipinski definition) is 2. The number of hydrogen-bond acceptors (Lipinski definition) is 2. The first kappa shape index (κ1) is 9.25. The molecule has 1 radical (unpaired) electrons. The van der Waals surface area contributed by atoms with Gasteiger partial charge in [-0.2, -0.15) is 0 Å². The van der Waals surface area contributed by atoms with Crippen LogP contribution in [0.5, 0.6) is 0 Å². The second kappa shape index (κ2) is 3.26. The molecule has 1 aromatic carbocycles. The number of carbonyl (C=O) groups is 2. The number of primary amides is 2. The molecule has 1 rings (SSSR count). The van der Waals surface area contributed by atoms with Gasteiger partial charge in [-0.3, -0.25) is 9.59 Å². The topological polar surface area (TPSA) is 86.2 Å². The molecular weight excluding hydrogens is 168 g/mol. The van der Waals surface area contributed by atoms with Crippen molar-refractivity contribution in [2.75, 3.05) is 0 Å². The molecule has 0 heterocycles. The maximum atomic E-state index is 10.8. The molecule has 0 spiro atoms. The third kappa shape index (κ3) is 1.84. The smallest absolute Gasteiger partial charge is 0.249 e. The lowest BCUT2D eigenvalue weighted by molar-refractivity contribution is 0.0998.